The molecule has 0 aromatic rings. The predicted molar refractivity (Wildman–Crippen MR) is 129 cm³/mol. The number of ether oxygens (including phenoxy) is 1. The van der Waals surface area contributed by atoms with Gasteiger partial charge in [-0.1, -0.05) is 65.7 Å². The van der Waals surface area contributed by atoms with E-state index in [1.807, 2.05) is 13.8 Å². The third kappa shape index (κ3) is 15.2. The second-order valence-electron chi connectivity index (χ2n) is 9.67. The van der Waals surface area contributed by atoms with Crippen LogP contribution in [0.4, 0.5) is 0 Å². The number of aliphatic hydroxyl groups is 2. The van der Waals surface area contributed by atoms with Crippen LogP contribution in [0.5, 0.6) is 0 Å². The molecule has 200 valence electrons. The van der Waals surface area contributed by atoms with Gasteiger partial charge in [0.1, 0.15) is 6.10 Å². The van der Waals surface area contributed by atoms with Crippen LogP contribution in [-0.2, 0) is 19.1 Å². The SMILES string of the molecule is CCC(C)C(OC(=O)CC(CC(=O)O)C(=O)O)C(O)CC(C)CCCCCCCCC(O)CN. The third-order valence-electron chi connectivity index (χ3n) is 6.44. The Balaban J connectivity index is 4.47. The van der Waals surface area contributed by atoms with Crippen LogP contribution < -0.4 is 5.73 Å². The maximum atomic E-state index is 12.3. The molecule has 0 aliphatic carbocycles. The molecule has 0 spiro atoms. The van der Waals surface area contributed by atoms with Crippen molar-refractivity contribution in [1.29, 1.82) is 0 Å². The van der Waals surface area contributed by atoms with Crippen LogP contribution in [0.25, 0.3) is 0 Å². The Morgan fingerprint density at radius 2 is 1.44 bits per heavy atom. The summed E-state index contributed by atoms with van der Waals surface area (Å²) in [7, 11) is 0. The van der Waals surface area contributed by atoms with Crippen LogP contribution in [0.2, 0.25) is 0 Å². The summed E-state index contributed by atoms with van der Waals surface area (Å²) < 4.78 is 5.46. The lowest BCUT2D eigenvalue weighted by atomic mass is 9.89. The van der Waals surface area contributed by atoms with E-state index in [-0.39, 0.29) is 11.8 Å². The molecule has 0 bridgehead atoms. The van der Waals surface area contributed by atoms with Gasteiger partial charge < -0.3 is 30.9 Å². The number of esters is 1. The van der Waals surface area contributed by atoms with Gasteiger partial charge in [-0.25, -0.2) is 0 Å². The van der Waals surface area contributed by atoms with Crippen LogP contribution >= 0.6 is 0 Å². The summed E-state index contributed by atoms with van der Waals surface area (Å²) >= 11 is 0. The topological polar surface area (TPSA) is 167 Å². The number of unbranched alkanes of at least 4 members (excludes halogenated alkanes) is 5. The van der Waals surface area contributed by atoms with Crippen molar-refractivity contribution in [2.75, 3.05) is 6.54 Å². The fraction of sp³-hybridized carbons (Fsp3) is 0.880. The van der Waals surface area contributed by atoms with Gasteiger partial charge in [0.05, 0.1) is 31.0 Å². The van der Waals surface area contributed by atoms with E-state index in [1.165, 1.54) is 0 Å². The fourth-order valence-electron chi connectivity index (χ4n) is 4.03. The number of hydrogen-bond donors (Lipinski definition) is 5. The highest BCUT2D eigenvalue weighted by Gasteiger charge is 2.32. The molecule has 0 aliphatic heterocycles. The van der Waals surface area contributed by atoms with Gasteiger partial charge in [-0.05, 0) is 31.1 Å². The Hall–Kier alpha value is -1.71. The predicted octanol–water partition coefficient (Wildman–Crippen LogP) is 3.34. The molecular weight excluding hydrogens is 442 g/mol. The maximum Gasteiger partial charge on any atom is 0.307 e. The zero-order valence-corrected chi connectivity index (χ0v) is 21.2. The fourth-order valence-corrected chi connectivity index (χ4v) is 4.03. The van der Waals surface area contributed by atoms with Crippen LogP contribution in [-0.4, -0.2) is 63.2 Å². The van der Waals surface area contributed by atoms with Crippen LogP contribution in [0.15, 0.2) is 0 Å². The van der Waals surface area contributed by atoms with E-state index < -0.39 is 55.0 Å². The van der Waals surface area contributed by atoms with Crippen molar-refractivity contribution in [3.63, 3.8) is 0 Å². The molecule has 0 aromatic carbocycles. The largest absolute Gasteiger partial charge is 0.481 e. The number of carbonyl (C=O) groups is 3. The highest BCUT2D eigenvalue weighted by molar-refractivity contribution is 5.82. The molecule has 0 aliphatic rings. The zero-order chi connectivity index (χ0) is 26.1. The first-order chi connectivity index (χ1) is 16.0. The van der Waals surface area contributed by atoms with Gasteiger partial charge in [-0.3, -0.25) is 14.4 Å². The Bertz CT molecular complexity index is 585. The smallest absolute Gasteiger partial charge is 0.307 e. The van der Waals surface area contributed by atoms with E-state index in [1.54, 1.807) is 0 Å². The summed E-state index contributed by atoms with van der Waals surface area (Å²) in [4.78, 5) is 34.4. The summed E-state index contributed by atoms with van der Waals surface area (Å²) in [6.45, 7) is 6.15. The highest BCUT2D eigenvalue weighted by atomic mass is 16.6. The molecule has 0 saturated carbocycles. The molecule has 9 heteroatoms. The number of aliphatic carboxylic acids is 2. The first-order valence-corrected chi connectivity index (χ1v) is 12.7. The molecule has 34 heavy (non-hydrogen) atoms. The molecule has 0 heterocycles. The highest BCUT2D eigenvalue weighted by Crippen LogP contribution is 2.24. The van der Waals surface area contributed by atoms with Crippen molar-refractivity contribution >= 4 is 17.9 Å². The molecule has 0 fully saturated rings. The minimum Gasteiger partial charge on any atom is -0.481 e. The van der Waals surface area contributed by atoms with Crippen molar-refractivity contribution in [2.24, 2.45) is 23.5 Å². The summed E-state index contributed by atoms with van der Waals surface area (Å²) in [6.07, 6.45) is 6.09. The average molecular weight is 490 g/mol. The van der Waals surface area contributed by atoms with Crippen LogP contribution in [0.3, 0.4) is 0 Å². The summed E-state index contributed by atoms with van der Waals surface area (Å²) in [5, 5.41) is 38.2. The van der Waals surface area contributed by atoms with Crippen molar-refractivity contribution in [3.05, 3.63) is 0 Å². The molecular formula is C25H47NO8. The minimum absolute atomic E-state index is 0.119. The molecule has 0 amide bonds. The molecule has 6 unspecified atom stereocenters. The first kappa shape index (κ1) is 32.3. The number of hydrogen-bond acceptors (Lipinski definition) is 7. The Morgan fingerprint density at radius 1 is 0.882 bits per heavy atom. The summed E-state index contributed by atoms with van der Waals surface area (Å²) in [5.41, 5.74) is 5.39. The Kier molecular flexibility index (Phi) is 17.7. The summed E-state index contributed by atoms with van der Waals surface area (Å²) in [5.74, 6) is -4.70. The lowest BCUT2D eigenvalue weighted by Crippen LogP contribution is -2.38. The van der Waals surface area contributed by atoms with Gasteiger partial charge in [0.25, 0.3) is 0 Å². The standard InChI is InChI=1S/C25H47NO8/c1-4-18(3)24(34-23(31)15-19(25(32)33)14-22(29)30)21(28)13-17(2)11-9-7-5-6-8-10-12-20(27)16-26/h17-21,24,27-28H,4-16,26H2,1-3H3,(H,29,30)(H,32,33). The van der Waals surface area contributed by atoms with Crippen LogP contribution in [0.1, 0.15) is 97.8 Å². The van der Waals surface area contributed by atoms with E-state index in [9.17, 15) is 24.6 Å². The van der Waals surface area contributed by atoms with E-state index in [4.69, 9.17) is 20.7 Å². The number of rotatable bonds is 21. The number of carboxylic acids is 2. The maximum absolute atomic E-state index is 12.3. The molecule has 6 atom stereocenters. The van der Waals surface area contributed by atoms with E-state index >= 15 is 0 Å². The Labute approximate surface area is 204 Å². The quantitative estimate of drug-likeness (QED) is 0.120. The second-order valence-corrected chi connectivity index (χ2v) is 9.67. The molecule has 0 saturated heterocycles. The zero-order valence-electron chi connectivity index (χ0n) is 21.2. The van der Waals surface area contributed by atoms with E-state index in [0.29, 0.717) is 19.4 Å². The normalized spacial score (nSPS) is 16.8. The monoisotopic (exact) mass is 489 g/mol. The molecule has 0 aromatic heterocycles. The molecule has 0 rings (SSSR count). The van der Waals surface area contributed by atoms with Crippen molar-refractivity contribution in [3.8, 4) is 0 Å². The third-order valence-corrected chi connectivity index (χ3v) is 6.44. The average Bonchev–Trinajstić information content (AvgIpc) is 2.77. The number of carbonyl (C=O) groups excluding carboxylic acids is 1. The van der Waals surface area contributed by atoms with Gasteiger partial charge in [-0.2, -0.15) is 0 Å². The number of aliphatic hydroxyl groups excluding tert-OH is 2. The van der Waals surface area contributed by atoms with Crippen LogP contribution in [0, 0.1) is 17.8 Å². The number of nitrogens with two attached hydrogens (primary N) is 1. The van der Waals surface area contributed by atoms with Crippen molar-refractivity contribution in [1.82, 2.24) is 0 Å². The van der Waals surface area contributed by atoms with Gasteiger partial charge in [0.2, 0.25) is 0 Å². The Morgan fingerprint density at radius 3 is 1.94 bits per heavy atom. The first-order valence-electron chi connectivity index (χ1n) is 12.7. The molecule has 6 N–H and O–H groups in total. The molecule has 0 radical (unpaired) electrons. The lowest BCUT2D eigenvalue weighted by Gasteiger charge is -2.30. The van der Waals surface area contributed by atoms with E-state index in [0.717, 1.165) is 51.4 Å². The number of carboxylic acid groups (broad SMARTS) is 2. The van der Waals surface area contributed by atoms with Gasteiger partial charge in [0.15, 0.2) is 0 Å². The van der Waals surface area contributed by atoms with Gasteiger partial charge in [-0.15, -0.1) is 0 Å². The van der Waals surface area contributed by atoms with Crippen molar-refractivity contribution < 1.29 is 39.5 Å². The van der Waals surface area contributed by atoms with Gasteiger partial charge in [0, 0.05) is 6.54 Å². The lowest BCUT2D eigenvalue weighted by molar-refractivity contribution is -0.164. The summed E-state index contributed by atoms with van der Waals surface area (Å²) in [6, 6.07) is 0. The minimum atomic E-state index is -1.36. The molecule has 9 nitrogen and oxygen atoms in total. The van der Waals surface area contributed by atoms with Gasteiger partial charge >= 0.3 is 17.9 Å². The second kappa shape index (κ2) is 18.6. The van der Waals surface area contributed by atoms with Crippen molar-refractivity contribution in [2.45, 2.75) is 116 Å². The van der Waals surface area contributed by atoms with E-state index in [2.05, 4.69) is 6.92 Å².